The maximum absolute atomic E-state index is 12.8. The summed E-state index contributed by atoms with van der Waals surface area (Å²) in [7, 11) is 0. The lowest BCUT2D eigenvalue weighted by Crippen LogP contribution is -2.30. The zero-order valence-corrected chi connectivity index (χ0v) is 46.2. The number of rotatable bonds is 57. The molecule has 0 heterocycles. The van der Waals surface area contributed by atoms with Gasteiger partial charge in [-0.05, 0) is 44.9 Å². The second-order valence-corrected chi connectivity index (χ2v) is 21.0. The molecule has 402 valence electrons. The molecular weight excluding hydrogens is 841 g/mol. The Morgan fingerprint density at radius 1 is 0.279 bits per heavy atom. The highest BCUT2D eigenvalue weighted by Crippen LogP contribution is 2.18. The maximum atomic E-state index is 12.8. The molecule has 0 aliphatic heterocycles. The minimum atomic E-state index is -0.767. The average molecular weight is 960 g/mol. The molecule has 0 amide bonds. The number of carbonyl (C=O) groups is 3. The summed E-state index contributed by atoms with van der Waals surface area (Å²) in [5, 5.41) is 0. The smallest absolute Gasteiger partial charge is 0.306 e. The molecule has 0 radical (unpaired) electrons. The lowest BCUT2D eigenvalue weighted by Gasteiger charge is -2.18. The summed E-state index contributed by atoms with van der Waals surface area (Å²) in [5.41, 5.74) is 0. The average Bonchev–Trinajstić information content (AvgIpc) is 3.34. The van der Waals surface area contributed by atoms with Crippen LogP contribution in [0.2, 0.25) is 0 Å². The van der Waals surface area contributed by atoms with Crippen LogP contribution in [0.15, 0.2) is 12.2 Å². The molecule has 0 saturated carbocycles. The van der Waals surface area contributed by atoms with E-state index in [9.17, 15) is 14.4 Å². The molecule has 0 fully saturated rings. The van der Waals surface area contributed by atoms with Gasteiger partial charge in [0.2, 0.25) is 0 Å². The Bertz CT molecular complexity index is 1060. The molecule has 0 spiro atoms. The molecule has 0 aliphatic rings. The lowest BCUT2D eigenvalue weighted by atomic mass is 10.0. The summed E-state index contributed by atoms with van der Waals surface area (Å²) in [6.45, 7) is 6.68. The zero-order chi connectivity index (χ0) is 49.3. The lowest BCUT2D eigenvalue weighted by molar-refractivity contribution is -0.167. The highest BCUT2D eigenvalue weighted by atomic mass is 16.6. The standard InChI is InChI=1S/C62H118O6/c1-4-7-10-13-16-19-22-25-27-28-29-30-31-32-33-34-35-38-40-43-46-49-52-55-61(64)67-58-59(57-66-60(63)54-51-48-45-42-39-36-24-21-18-15-12-9-6-3)68-62(65)56-53-50-47-44-41-37-26-23-20-17-14-11-8-5-2/h21,24,59H,4-20,22-23,25-58H2,1-3H3/b24-21-. The minimum Gasteiger partial charge on any atom is -0.462 e. The highest BCUT2D eigenvalue weighted by molar-refractivity contribution is 5.71. The van der Waals surface area contributed by atoms with Crippen molar-refractivity contribution in [3.8, 4) is 0 Å². The summed E-state index contributed by atoms with van der Waals surface area (Å²) >= 11 is 0. The van der Waals surface area contributed by atoms with Gasteiger partial charge in [0.15, 0.2) is 6.10 Å². The van der Waals surface area contributed by atoms with E-state index < -0.39 is 6.10 Å². The van der Waals surface area contributed by atoms with Gasteiger partial charge in [-0.25, -0.2) is 0 Å². The number of ether oxygens (including phenoxy) is 3. The third-order valence-corrected chi connectivity index (χ3v) is 14.0. The van der Waals surface area contributed by atoms with E-state index in [2.05, 4.69) is 32.9 Å². The largest absolute Gasteiger partial charge is 0.462 e. The Hall–Kier alpha value is -1.85. The summed E-state index contributed by atoms with van der Waals surface area (Å²) < 4.78 is 16.9. The van der Waals surface area contributed by atoms with Gasteiger partial charge in [0.1, 0.15) is 13.2 Å². The molecule has 0 aromatic carbocycles. The van der Waals surface area contributed by atoms with Gasteiger partial charge in [0.25, 0.3) is 0 Å². The first-order chi connectivity index (χ1) is 33.5. The molecular formula is C62H118O6. The fraction of sp³-hybridized carbons (Fsp3) is 0.919. The molecule has 0 bridgehead atoms. The van der Waals surface area contributed by atoms with Gasteiger partial charge in [-0.1, -0.05) is 296 Å². The van der Waals surface area contributed by atoms with Crippen LogP contribution < -0.4 is 0 Å². The fourth-order valence-corrected chi connectivity index (χ4v) is 9.38. The summed E-state index contributed by atoms with van der Waals surface area (Å²) in [6, 6.07) is 0. The van der Waals surface area contributed by atoms with E-state index in [1.165, 1.54) is 244 Å². The van der Waals surface area contributed by atoms with Crippen molar-refractivity contribution in [1.29, 1.82) is 0 Å². The third-order valence-electron chi connectivity index (χ3n) is 14.0. The third kappa shape index (κ3) is 55.1. The molecule has 0 aromatic heterocycles. The predicted molar refractivity (Wildman–Crippen MR) is 293 cm³/mol. The number of hydrogen-bond acceptors (Lipinski definition) is 6. The number of carbonyl (C=O) groups excluding carboxylic acids is 3. The van der Waals surface area contributed by atoms with Crippen LogP contribution in [-0.2, 0) is 28.6 Å². The molecule has 0 aliphatic carbocycles. The van der Waals surface area contributed by atoms with Gasteiger partial charge < -0.3 is 14.2 Å². The van der Waals surface area contributed by atoms with Crippen LogP contribution in [0.25, 0.3) is 0 Å². The van der Waals surface area contributed by atoms with E-state index in [1.807, 2.05) is 0 Å². The molecule has 6 nitrogen and oxygen atoms in total. The molecule has 6 heteroatoms. The van der Waals surface area contributed by atoms with E-state index in [-0.39, 0.29) is 31.1 Å². The molecule has 1 unspecified atom stereocenters. The van der Waals surface area contributed by atoms with E-state index in [0.717, 1.165) is 64.2 Å². The second-order valence-electron chi connectivity index (χ2n) is 21.0. The van der Waals surface area contributed by atoms with Gasteiger partial charge >= 0.3 is 17.9 Å². The van der Waals surface area contributed by atoms with Crippen molar-refractivity contribution in [2.75, 3.05) is 13.2 Å². The Morgan fingerprint density at radius 2 is 0.485 bits per heavy atom. The number of esters is 3. The Labute approximate surface area is 424 Å². The first-order valence-corrected chi connectivity index (χ1v) is 30.7. The van der Waals surface area contributed by atoms with Crippen molar-refractivity contribution in [2.45, 2.75) is 354 Å². The molecule has 0 N–H and O–H groups in total. The van der Waals surface area contributed by atoms with Crippen LogP contribution in [0.1, 0.15) is 348 Å². The van der Waals surface area contributed by atoms with Gasteiger partial charge in [-0.2, -0.15) is 0 Å². The van der Waals surface area contributed by atoms with Crippen LogP contribution >= 0.6 is 0 Å². The van der Waals surface area contributed by atoms with Crippen LogP contribution in [0.4, 0.5) is 0 Å². The number of allylic oxidation sites excluding steroid dienone is 2. The van der Waals surface area contributed by atoms with Gasteiger partial charge in [-0.3, -0.25) is 14.4 Å². The van der Waals surface area contributed by atoms with Gasteiger partial charge in [0.05, 0.1) is 0 Å². The first kappa shape index (κ1) is 66.2. The normalized spacial score (nSPS) is 12.0. The maximum Gasteiger partial charge on any atom is 0.306 e. The first-order valence-electron chi connectivity index (χ1n) is 30.7. The zero-order valence-electron chi connectivity index (χ0n) is 46.2. The van der Waals surface area contributed by atoms with Gasteiger partial charge in [0, 0.05) is 19.3 Å². The summed E-state index contributed by atoms with van der Waals surface area (Å²) in [4.78, 5) is 38.2. The molecule has 1 atom stereocenters. The van der Waals surface area contributed by atoms with Crippen LogP contribution in [0.5, 0.6) is 0 Å². The van der Waals surface area contributed by atoms with Crippen molar-refractivity contribution >= 4 is 17.9 Å². The monoisotopic (exact) mass is 959 g/mol. The number of unbranched alkanes of at least 4 members (excludes halogenated alkanes) is 44. The SMILES string of the molecule is CCCCCC/C=C\CCCCCCCC(=O)OCC(COC(=O)CCCCCCCCCCCCCCCCCCCCCCCCC)OC(=O)CCCCCCCCCCCCCCCC. The van der Waals surface area contributed by atoms with Crippen molar-refractivity contribution in [3.05, 3.63) is 12.2 Å². The topological polar surface area (TPSA) is 78.9 Å². The van der Waals surface area contributed by atoms with E-state index in [4.69, 9.17) is 14.2 Å². The fourth-order valence-electron chi connectivity index (χ4n) is 9.38. The molecule has 0 rings (SSSR count). The van der Waals surface area contributed by atoms with Crippen LogP contribution in [-0.4, -0.2) is 37.2 Å². The quantitative estimate of drug-likeness (QED) is 0.0262. The minimum absolute atomic E-state index is 0.0663. The van der Waals surface area contributed by atoms with E-state index >= 15 is 0 Å². The Kier molecular flexibility index (Phi) is 56.2. The van der Waals surface area contributed by atoms with Crippen LogP contribution in [0.3, 0.4) is 0 Å². The van der Waals surface area contributed by atoms with Crippen molar-refractivity contribution in [3.63, 3.8) is 0 Å². The summed E-state index contributed by atoms with van der Waals surface area (Å²) in [6.07, 6.45) is 66.4. The van der Waals surface area contributed by atoms with Gasteiger partial charge in [-0.15, -0.1) is 0 Å². The van der Waals surface area contributed by atoms with E-state index in [0.29, 0.717) is 19.3 Å². The Morgan fingerprint density at radius 3 is 0.750 bits per heavy atom. The number of hydrogen-bond donors (Lipinski definition) is 0. The second kappa shape index (κ2) is 57.7. The van der Waals surface area contributed by atoms with Crippen molar-refractivity contribution in [2.24, 2.45) is 0 Å². The van der Waals surface area contributed by atoms with Crippen molar-refractivity contribution in [1.82, 2.24) is 0 Å². The molecule has 68 heavy (non-hydrogen) atoms. The molecule has 0 saturated heterocycles. The van der Waals surface area contributed by atoms with Crippen molar-refractivity contribution < 1.29 is 28.6 Å². The highest BCUT2D eigenvalue weighted by Gasteiger charge is 2.19. The van der Waals surface area contributed by atoms with Crippen LogP contribution in [0, 0.1) is 0 Å². The molecule has 0 aromatic rings. The predicted octanol–water partition coefficient (Wildman–Crippen LogP) is 20.5. The Balaban J connectivity index is 4.21. The summed E-state index contributed by atoms with van der Waals surface area (Å²) in [5.74, 6) is -0.849. The van der Waals surface area contributed by atoms with E-state index in [1.54, 1.807) is 0 Å².